The van der Waals surface area contributed by atoms with E-state index in [-0.39, 0.29) is 18.2 Å². The van der Waals surface area contributed by atoms with E-state index in [2.05, 4.69) is 4.72 Å². The monoisotopic (exact) mass is 288 g/mol. The predicted octanol–water partition coefficient (Wildman–Crippen LogP) is 0.766. The van der Waals surface area contributed by atoms with Crippen molar-refractivity contribution in [1.82, 2.24) is 4.72 Å². The van der Waals surface area contributed by atoms with Crippen LogP contribution in [0.4, 0.5) is 10.1 Å². The van der Waals surface area contributed by atoms with Crippen LogP contribution in [0.15, 0.2) is 17.0 Å². The van der Waals surface area contributed by atoms with Crippen molar-refractivity contribution in [3.05, 3.63) is 23.5 Å². The van der Waals surface area contributed by atoms with E-state index in [1.165, 1.54) is 0 Å². The second-order valence-electron chi connectivity index (χ2n) is 4.90. The molecule has 1 saturated carbocycles. The number of aliphatic hydroxyl groups excluding tert-OH is 1. The number of anilines is 1. The second kappa shape index (κ2) is 5.07. The number of hydrogen-bond acceptors (Lipinski definition) is 4. The van der Waals surface area contributed by atoms with Gasteiger partial charge in [-0.1, -0.05) is 0 Å². The van der Waals surface area contributed by atoms with Gasteiger partial charge in [0.15, 0.2) is 0 Å². The minimum atomic E-state index is -4.00. The van der Waals surface area contributed by atoms with E-state index in [9.17, 15) is 17.9 Å². The van der Waals surface area contributed by atoms with Crippen LogP contribution >= 0.6 is 0 Å². The van der Waals surface area contributed by atoms with E-state index >= 15 is 0 Å². The summed E-state index contributed by atoms with van der Waals surface area (Å²) < 4.78 is 39.8. The maximum Gasteiger partial charge on any atom is 0.243 e. The number of rotatable bonds is 5. The van der Waals surface area contributed by atoms with Crippen LogP contribution in [0, 0.1) is 18.7 Å². The summed E-state index contributed by atoms with van der Waals surface area (Å²) in [6, 6.07) is 2.18. The van der Waals surface area contributed by atoms with Gasteiger partial charge in [-0.05, 0) is 43.4 Å². The van der Waals surface area contributed by atoms with Crippen LogP contribution in [0.25, 0.3) is 0 Å². The van der Waals surface area contributed by atoms with E-state index < -0.39 is 26.8 Å². The molecule has 7 heteroatoms. The first-order valence-corrected chi connectivity index (χ1v) is 7.53. The Morgan fingerprint density at radius 1 is 1.53 bits per heavy atom. The molecule has 1 aromatic rings. The number of aliphatic hydroxyl groups is 1. The normalized spacial score (nSPS) is 17.4. The third-order valence-corrected chi connectivity index (χ3v) is 4.70. The average molecular weight is 288 g/mol. The number of hydrogen-bond donors (Lipinski definition) is 3. The molecule has 1 fully saturated rings. The van der Waals surface area contributed by atoms with Gasteiger partial charge in [-0.25, -0.2) is 17.5 Å². The van der Waals surface area contributed by atoms with Crippen molar-refractivity contribution in [3.63, 3.8) is 0 Å². The van der Waals surface area contributed by atoms with Crippen LogP contribution in [0.2, 0.25) is 0 Å². The van der Waals surface area contributed by atoms with Gasteiger partial charge in [0.2, 0.25) is 10.0 Å². The fourth-order valence-electron chi connectivity index (χ4n) is 1.80. The van der Waals surface area contributed by atoms with E-state index in [0.29, 0.717) is 5.56 Å². The number of nitrogens with one attached hydrogen (secondary N) is 1. The molecule has 0 spiro atoms. The van der Waals surface area contributed by atoms with Gasteiger partial charge >= 0.3 is 0 Å². The first-order valence-electron chi connectivity index (χ1n) is 6.04. The van der Waals surface area contributed by atoms with Gasteiger partial charge in [0, 0.05) is 12.2 Å². The summed E-state index contributed by atoms with van der Waals surface area (Å²) in [5.41, 5.74) is 6.29. The lowest BCUT2D eigenvalue weighted by atomic mass is 10.2. The third kappa shape index (κ3) is 3.23. The van der Waals surface area contributed by atoms with Crippen LogP contribution in [-0.4, -0.2) is 26.2 Å². The molecule has 1 aromatic carbocycles. The topological polar surface area (TPSA) is 92.4 Å². The molecule has 1 aliphatic rings. The van der Waals surface area contributed by atoms with Crippen LogP contribution in [0.1, 0.15) is 18.4 Å². The van der Waals surface area contributed by atoms with Crippen molar-refractivity contribution in [3.8, 4) is 0 Å². The summed E-state index contributed by atoms with van der Waals surface area (Å²) >= 11 is 0. The molecule has 0 aliphatic heterocycles. The van der Waals surface area contributed by atoms with Gasteiger partial charge in [0.1, 0.15) is 10.7 Å². The largest absolute Gasteiger partial charge is 0.398 e. The highest BCUT2D eigenvalue weighted by molar-refractivity contribution is 7.89. The molecule has 4 N–H and O–H groups in total. The minimum Gasteiger partial charge on any atom is -0.398 e. The lowest BCUT2D eigenvalue weighted by Gasteiger charge is -2.12. The van der Waals surface area contributed by atoms with Gasteiger partial charge in [-0.15, -0.1) is 0 Å². The lowest BCUT2D eigenvalue weighted by Crippen LogP contribution is -2.33. The Hall–Kier alpha value is -1.18. The average Bonchev–Trinajstić information content (AvgIpc) is 3.14. The van der Waals surface area contributed by atoms with Crippen molar-refractivity contribution in [2.24, 2.45) is 5.92 Å². The smallest absolute Gasteiger partial charge is 0.243 e. The highest BCUT2D eigenvalue weighted by atomic mass is 32.2. The number of nitrogen functional groups attached to an aromatic ring is 1. The Balaban J connectivity index is 2.16. The molecule has 5 nitrogen and oxygen atoms in total. The molecule has 0 heterocycles. The van der Waals surface area contributed by atoms with Crippen LogP contribution < -0.4 is 10.5 Å². The van der Waals surface area contributed by atoms with E-state index in [1.807, 2.05) is 0 Å². The van der Waals surface area contributed by atoms with Gasteiger partial charge < -0.3 is 10.8 Å². The minimum absolute atomic E-state index is 0.111. The molecule has 0 amide bonds. The molecule has 19 heavy (non-hydrogen) atoms. The summed E-state index contributed by atoms with van der Waals surface area (Å²) in [6.45, 7) is 1.49. The molecule has 1 aliphatic carbocycles. The number of aryl methyl sites for hydroxylation is 1. The van der Waals surface area contributed by atoms with Crippen molar-refractivity contribution >= 4 is 15.7 Å². The molecule has 1 unspecified atom stereocenters. The van der Waals surface area contributed by atoms with Crippen LogP contribution in [0.3, 0.4) is 0 Å². The number of benzene rings is 1. The highest BCUT2D eigenvalue weighted by Crippen LogP contribution is 2.32. The maximum absolute atomic E-state index is 13.7. The number of nitrogens with two attached hydrogens (primary N) is 1. The standard InChI is InChI=1S/C12H17FN2O3S/c1-7-4-9(13)12(5-10(7)14)19(17,18)15-6-11(16)8-2-3-8/h4-5,8,11,15-16H,2-3,6,14H2,1H3. The molecule has 0 aromatic heterocycles. The molecule has 2 rings (SSSR count). The molecule has 0 saturated heterocycles. The molecular formula is C12H17FN2O3S. The summed E-state index contributed by atoms with van der Waals surface area (Å²) in [4.78, 5) is -0.487. The fourth-order valence-corrected chi connectivity index (χ4v) is 2.94. The Bertz CT molecular complexity index is 585. The van der Waals surface area contributed by atoms with Crippen molar-refractivity contribution in [2.75, 3.05) is 12.3 Å². The van der Waals surface area contributed by atoms with Gasteiger partial charge in [-0.3, -0.25) is 0 Å². The zero-order valence-corrected chi connectivity index (χ0v) is 11.4. The Kier molecular flexibility index (Phi) is 3.80. The molecule has 106 valence electrons. The Morgan fingerprint density at radius 3 is 2.74 bits per heavy atom. The second-order valence-corrected chi connectivity index (χ2v) is 6.63. The molecule has 1 atom stereocenters. The molecular weight excluding hydrogens is 271 g/mol. The maximum atomic E-state index is 13.7. The Morgan fingerprint density at radius 2 is 2.16 bits per heavy atom. The first kappa shape index (κ1) is 14.2. The van der Waals surface area contributed by atoms with Crippen LogP contribution in [0.5, 0.6) is 0 Å². The van der Waals surface area contributed by atoms with E-state index in [1.54, 1.807) is 6.92 Å². The Labute approximate surface area is 111 Å². The van der Waals surface area contributed by atoms with E-state index in [4.69, 9.17) is 5.73 Å². The van der Waals surface area contributed by atoms with E-state index in [0.717, 1.165) is 25.0 Å². The fraction of sp³-hybridized carbons (Fsp3) is 0.500. The highest BCUT2D eigenvalue weighted by Gasteiger charge is 2.31. The number of sulfonamides is 1. The summed E-state index contributed by atoms with van der Waals surface area (Å²) in [7, 11) is -4.00. The van der Waals surface area contributed by atoms with Gasteiger partial charge in [-0.2, -0.15) is 0 Å². The summed E-state index contributed by atoms with van der Waals surface area (Å²) in [6.07, 6.45) is 1.07. The predicted molar refractivity (Wildman–Crippen MR) is 69.5 cm³/mol. The summed E-state index contributed by atoms with van der Waals surface area (Å²) in [5, 5.41) is 9.62. The lowest BCUT2D eigenvalue weighted by molar-refractivity contribution is 0.155. The van der Waals surface area contributed by atoms with Crippen molar-refractivity contribution in [1.29, 1.82) is 0 Å². The van der Waals surface area contributed by atoms with Gasteiger partial charge in [0.05, 0.1) is 6.10 Å². The molecule has 0 bridgehead atoms. The molecule has 0 radical (unpaired) electrons. The third-order valence-electron chi connectivity index (χ3n) is 3.26. The van der Waals surface area contributed by atoms with Crippen molar-refractivity contribution in [2.45, 2.75) is 30.8 Å². The summed E-state index contributed by atoms with van der Waals surface area (Å²) in [5.74, 6) is -0.698. The van der Waals surface area contributed by atoms with Crippen molar-refractivity contribution < 1.29 is 17.9 Å². The zero-order chi connectivity index (χ0) is 14.2. The SMILES string of the molecule is Cc1cc(F)c(S(=O)(=O)NCC(O)C2CC2)cc1N. The first-order chi connectivity index (χ1) is 8.81. The number of halogens is 1. The van der Waals surface area contributed by atoms with Crippen LogP contribution in [-0.2, 0) is 10.0 Å². The van der Waals surface area contributed by atoms with Gasteiger partial charge in [0.25, 0.3) is 0 Å². The zero-order valence-electron chi connectivity index (χ0n) is 10.6. The quantitative estimate of drug-likeness (QED) is 0.698.